The van der Waals surface area contributed by atoms with Crippen LogP contribution in [0.15, 0.2) is 49.1 Å². The van der Waals surface area contributed by atoms with E-state index in [0.29, 0.717) is 5.92 Å². The lowest BCUT2D eigenvalue weighted by molar-refractivity contribution is 0.740. The van der Waals surface area contributed by atoms with Gasteiger partial charge in [-0.3, -0.25) is 0 Å². The smallest absolute Gasteiger partial charge is 0.00807 e. The van der Waals surface area contributed by atoms with Gasteiger partial charge in [-0.05, 0) is 77.8 Å². The Morgan fingerprint density at radius 3 is 2.76 bits per heavy atom. The van der Waals surface area contributed by atoms with Crippen LogP contribution in [0.4, 0.5) is 0 Å². The van der Waals surface area contributed by atoms with Crippen LogP contribution in [0.25, 0.3) is 0 Å². The van der Waals surface area contributed by atoms with E-state index < -0.39 is 0 Å². The Bertz CT molecular complexity index is 655. The maximum absolute atomic E-state index is 3.87. The number of hydrogen-bond acceptors (Lipinski definition) is 0. The molecule has 2 aliphatic rings. The van der Waals surface area contributed by atoms with E-state index in [2.05, 4.69) is 43.0 Å². The Hall–Kier alpha value is -1.82. The molecule has 2 aromatic carbocycles. The molecule has 0 heteroatoms. The molecule has 0 aliphatic heterocycles. The summed E-state index contributed by atoms with van der Waals surface area (Å²) in [6, 6.07) is 16.8. The summed E-state index contributed by atoms with van der Waals surface area (Å²) < 4.78 is 0. The zero-order valence-electron chi connectivity index (χ0n) is 12.4. The highest BCUT2D eigenvalue weighted by Crippen LogP contribution is 2.37. The third-order valence-corrected chi connectivity index (χ3v) is 5.00. The summed E-state index contributed by atoms with van der Waals surface area (Å²) in [4.78, 5) is 0. The molecule has 4 rings (SSSR count). The minimum absolute atomic E-state index is 0.657. The van der Waals surface area contributed by atoms with Gasteiger partial charge in [-0.25, -0.2) is 0 Å². The van der Waals surface area contributed by atoms with E-state index in [9.17, 15) is 0 Å². The molecule has 2 radical (unpaired) electrons. The van der Waals surface area contributed by atoms with Gasteiger partial charge in [0.25, 0.3) is 0 Å². The van der Waals surface area contributed by atoms with Crippen molar-refractivity contribution in [2.24, 2.45) is 0 Å². The first kappa shape index (κ1) is 12.9. The van der Waals surface area contributed by atoms with Gasteiger partial charge in [0.15, 0.2) is 0 Å². The zero-order chi connectivity index (χ0) is 14.2. The second kappa shape index (κ2) is 5.18. The van der Waals surface area contributed by atoms with Crippen LogP contribution in [0.2, 0.25) is 0 Å². The molecule has 0 bridgehead atoms. The molecular formula is C21H20. The molecule has 0 amide bonds. The topological polar surface area (TPSA) is 0 Å². The summed E-state index contributed by atoms with van der Waals surface area (Å²) in [5.41, 5.74) is 7.59. The third-order valence-electron chi connectivity index (χ3n) is 5.00. The van der Waals surface area contributed by atoms with Crippen molar-refractivity contribution in [1.29, 1.82) is 0 Å². The van der Waals surface area contributed by atoms with Crippen molar-refractivity contribution in [3.8, 4) is 0 Å². The van der Waals surface area contributed by atoms with Gasteiger partial charge in [-0.1, -0.05) is 42.5 Å². The fourth-order valence-corrected chi connectivity index (χ4v) is 3.91. The molecule has 0 spiro atoms. The molecule has 2 aliphatic carbocycles. The monoisotopic (exact) mass is 272 g/mol. The Morgan fingerprint density at radius 2 is 1.90 bits per heavy atom. The molecule has 0 heterocycles. The van der Waals surface area contributed by atoms with Gasteiger partial charge in [-0.15, -0.1) is 6.58 Å². The van der Waals surface area contributed by atoms with Crippen LogP contribution in [0.5, 0.6) is 0 Å². The van der Waals surface area contributed by atoms with Crippen molar-refractivity contribution in [3.05, 3.63) is 88.9 Å². The molecule has 0 nitrogen and oxygen atoms in total. The second-order valence-electron chi connectivity index (χ2n) is 6.42. The Kier molecular flexibility index (Phi) is 3.18. The van der Waals surface area contributed by atoms with E-state index in [1.54, 1.807) is 11.5 Å². The number of benzene rings is 2. The molecule has 2 aromatic rings. The molecule has 0 saturated heterocycles. The molecule has 0 saturated carbocycles. The fourth-order valence-electron chi connectivity index (χ4n) is 3.91. The third kappa shape index (κ3) is 2.33. The molecule has 0 fully saturated rings. The molecule has 0 aromatic heterocycles. The lowest BCUT2D eigenvalue weighted by Crippen LogP contribution is -1.99. The molecule has 0 N–H and O–H groups in total. The van der Waals surface area contributed by atoms with Gasteiger partial charge >= 0.3 is 0 Å². The van der Waals surface area contributed by atoms with Crippen LogP contribution in [-0.2, 0) is 25.7 Å². The van der Waals surface area contributed by atoms with Gasteiger partial charge in [0, 0.05) is 0 Å². The number of rotatable bonds is 3. The van der Waals surface area contributed by atoms with Crippen LogP contribution in [0.1, 0.15) is 40.2 Å². The minimum Gasteiger partial charge on any atom is -0.103 e. The summed E-state index contributed by atoms with van der Waals surface area (Å²) in [7, 11) is 0. The normalized spacial score (nSPS) is 17.7. The van der Waals surface area contributed by atoms with E-state index >= 15 is 0 Å². The number of hydrogen-bond donors (Lipinski definition) is 0. The molecule has 1 unspecified atom stereocenters. The highest BCUT2D eigenvalue weighted by Gasteiger charge is 2.25. The van der Waals surface area contributed by atoms with Crippen LogP contribution < -0.4 is 0 Å². The van der Waals surface area contributed by atoms with E-state index in [0.717, 1.165) is 19.3 Å². The van der Waals surface area contributed by atoms with Crippen molar-refractivity contribution in [2.45, 2.75) is 38.0 Å². The summed E-state index contributed by atoms with van der Waals surface area (Å²) >= 11 is 0. The first-order valence-corrected chi connectivity index (χ1v) is 7.87. The quantitative estimate of drug-likeness (QED) is 0.715. The zero-order valence-corrected chi connectivity index (χ0v) is 12.4. The van der Waals surface area contributed by atoms with Crippen molar-refractivity contribution in [1.82, 2.24) is 0 Å². The maximum atomic E-state index is 3.87. The van der Waals surface area contributed by atoms with Gasteiger partial charge in [0.1, 0.15) is 0 Å². The standard InChI is InChI=1S/C21H20/c1-2-5-15-10-18-8-9-19(14-20(18)11-15)21-12-16-6-3-4-7-17(16)13-21/h2-3,6-9,14,21H,1,5,10-13H2. The predicted octanol–water partition coefficient (Wildman–Crippen LogP) is 4.62. The Balaban J connectivity index is 1.57. The first-order chi connectivity index (χ1) is 10.3. The summed E-state index contributed by atoms with van der Waals surface area (Å²) in [6.45, 7) is 3.87. The summed E-state index contributed by atoms with van der Waals surface area (Å²) in [5, 5.41) is 0. The average Bonchev–Trinajstić information content (AvgIpc) is 3.09. The Morgan fingerprint density at radius 1 is 1.05 bits per heavy atom. The number of fused-ring (bicyclic) bond motifs is 2. The van der Waals surface area contributed by atoms with Crippen LogP contribution in [0.3, 0.4) is 0 Å². The summed E-state index contributed by atoms with van der Waals surface area (Å²) in [5.74, 6) is 2.27. The molecule has 1 atom stereocenters. The molecule has 21 heavy (non-hydrogen) atoms. The minimum atomic E-state index is 0.657. The van der Waals surface area contributed by atoms with E-state index in [1.807, 2.05) is 12.1 Å². The molecular weight excluding hydrogens is 252 g/mol. The molecule has 104 valence electrons. The van der Waals surface area contributed by atoms with Gasteiger partial charge in [0.05, 0.1) is 0 Å². The van der Waals surface area contributed by atoms with Gasteiger partial charge < -0.3 is 0 Å². The highest BCUT2D eigenvalue weighted by molar-refractivity contribution is 5.44. The van der Waals surface area contributed by atoms with E-state index in [1.165, 1.54) is 35.1 Å². The lowest BCUT2D eigenvalue weighted by atomic mass is 9.93. The Labute approximate surface area is 127 Å². The number of allylic oxidation sites excluding steroid dienone is 1. The van der Waals surface area contributed by atoms with E-state index in [-0.39, 0.29) is 0 Å². The summed E-state index contributed by atoms with van der Waals surface area (Å²) in [6.07, 6.45) is 7.77. The lowest BCUT2D eigenvalue weighted by Gasteiger charge is -2.11. The first-order valence-electron chi connectivity index (χ1n) is 7.87. The SMILES string of the molecule is C=CC[C]1Cc2ccc(C3Cc4c[c]ccc4C3)cc2C1. The van der Waals surface area contributed by atoms with Crippen LogP contribution in [-0.4, -0.2) is 0 Å². The van der Waals surface area contributed by atoms with Gasteiger partial charge in [-0.2, -0.15) is 0 Å². The van der Waals surface area contributed by atoms with Crippen molar-refractivity contribution in [3.63, 3.8) is 0 Å². The van der Waals surface area contributed by atoms with Crippen LogP contribution >= 0.6 is 0 Å². The largest absolute Gasteiger partial charge is 0.103 e. The highest BCUT2D eigenvalue weighted by atomic mass is 14.3. The van der Waals surface area contributed by atoms with E-state index in [4.69, 9.17) is 0 Å². The predicted molar refractivity (Wildman–Crippen MR) is 87.3 cm³/mol. The van der Waals surface area contributed by atoms with Crippen molar-refractivity contribution >= 4 is 0 Å². The van der Waals surface area contributed by atoms with Gasteiger partial charge in [0.2, 0.25) is 0 Å². The van der Waals surface area contributed by atoms with Crippen molar-refractivity contribution < 1.29 is 0 Å². The average molecular weight is 272 g/mol. The maximum Gasteiger partial charge on any atom is -0.00807 e. The fraction of sp³-hybridized carbons (Fsp3) is 0.286. The van der Waals surface area contributed by atoms with Crippen LogP contribution in [0, 0.1) is 12.0 Å². The second-order valence-corrected chi connectivity index (χ2v) is 6.42. The van der Waals surface area contributed by atoms with Crippen molar-refractivity contribution in [2.75, 3.05) is 0 Å².